The van der Waals surface area contributed by atoms with Crippen LogP contribution < -0.4 is 13.8 Å². The number of ether oxygens (including phenoxy) is 2. The fourth-order valence-electron chi connectivity index (χ4n) is 2.35. The summed E-state index contributed by atoms with van der Waals surface area (Å²) >= 11 is 0. The number of nitrogens with zero attached hydrogens (tertiary/aromatic N) is 2. The van der Waals surface area contributed by atoms with Gasteiger partial charge >= 0.3 is 0 Å². The predicted octanol–water partition coefficient (Wildman–Crippen LogP) is 2.83. The molecule has 0 N–H and O–H groups in total. The van der Waals surface area contributed by atoms with Gasteiger partial charge in [0.15, 0.2) is 0 Å². The molecule has 0 unspecified atom stereocenters. The van der Waals surface area contributed by atoms with E-state index in [1.54, 1.807) is 25.1 Å². The van der Waals surface area contributed by atoms with E-state index in [1.165, 1.54) is 32.4 Å². The van der Waals surface area contributed by atoms with Gasteiger partial charge in [-0.1, -0.05) is 6.07 Å². The van der Waals surface area contributed by atoms with Crippen molar-refractivity contribution in [3.8, 4) is 11.5 Å². The van der Waals surface area contributed by atoms with Gasteiger partial charge in [-0.15, -0.1) is 0 Å². The summed E-state index contributed by atoms with van der Waals surface area (Å²) in [6.45, 7) is 1.78. The van der Waals surface area contributed by atoms with Gasteiger partial charge in [-0.3, -0.25) is 14.4 Å². The van der Waals surface area contributed by atoms with Crippen molar-refractivity contribution < 1.29 is 22.8 Å². The smallest absolute Gasteiger partial charge is 0.270 e. The molecular formula is C16H18N2O6S. The van der Waals surface area contributed by atoms with Crippen LogP contribution in [0.3, 0.4) is 0 Å². The molecule has 0 bridgehead atoms. The Labute approximate surface area is 145 Å². The van der Waals surface area contributed by atoms with E-state index in [-0.39, 0.29) is 17.1 Å². The molecule has 8 nitrogen and oxygen atoms in total. The standard InChI is InChI=1S/C16H18N2O6S/c1-4-17(15-9-8-13(23-2)11-16(15)24-3)25(21,22)14-7-5-6-12(10-14)18(19)20/h5-11H,4H2,1-3H3. The minimum Gasteiger partial charge on any atom is -0.497 e. The molecule has 0 aliphatic carbocycles. The Balaban J connectivity index is 2.56. The maximum Gasteiger partial charge on any atom is 0.270 e. The summed E-state index contributed by atoms with van der Waals surface area (Å²) in [5, 5.41) is 10.9. The maximum atomic E-state index is 13.0. The first-order valence-corrected chi connectivity index (χ1v) is 8.78. The van der Waals surface area contributed by atoms with Crippen LogP contribution in [0.15, 0.2) is 47.4 Å². The van der Waals surface area contributed by atoms with Gasteiger partial charge in [0, 0.05) is 24.7 Å². The molecule has 0 fully saturated rings. The first-order valence-electron chi connectivity index (χ1n) is 7.34. The largest absolute Gasteiger partial charge is 0.497 e. The number of non-ortho nitro benzene ring substituents is 1. The Morgan fingerprint density at radius 1 is 1.12 bits per heavy atom. The van der Waals surface area contributed by atoms with Gasteiger partial charge in [-0.2, -0.15) is 0 Å². The number of nitro groups is 1. The molecule has 0 spiro atoms. The summed E-state index contributed by atoms with van der Waals surface area (Å²) < 4.78 is 37.5. The van der Waals surface area contributed by atoms with Crippen molar-refractivity contribution in [2.75, 3.05) is 25.1 Å². The lowest BCUT2D eigenvalue weighted by molar-refractivity contribution is -0.385. The summed E-state index contributed by atoms with van der Waals surface area (Å²) in [5.74, 6) is 0.833. The highest BCUT2D eigenvalue weighted by Gasteiger charge is 2.27. The molecule has 0 atom stereocenters. The highest BCUT2D eigenvalue weighted by Crippen LogP contribution is 2.35. The minimum atomic E-state index is -4.00. The molecule has 0 amide bonds. The van der Waals surface area contributed by atoms with Gasteiger partial charge in [0.1, 0.15) is 11.5 Å². The fraction of sp³-hybridized carbons (Fsp3) is 0.250. The Morgan fingerprint density at radius 2 is 1.84 bits per heavy atom. The van der Waals surface area contributed by atoms with E-state index in [2.05, 4.69) is 0 Å². The lowest BCUT2D eigenvalue weighted by Gasteiger charge is -2.25. The van der Waals surface area contributed by atoms with Gasteiger partial charge in [-0.25, -0.2) is 8.42 Å². The second-order valence-electron chi connectivity index (χ2n) is 4.96. The number of rotatable bonds is 7. The van der Waals surface area contributed by atoms with Crippen LogP contribution in [0.2, 0.25) is 0 Å². The summed E-state index contributed by atoms with van der Waals surface area (Å²) in [7, 11) is -1.09. The molecule has 9 heteroatoms. The number of hydrogen-bond donors (Lipinski definition) is 0. The van der Waals surface area contributed by atoms with Gasteiger partial charge in [0.25, 0.3) is 15.7 Å². The second kappa shape index (κ2) is 7.39. The molecule has 0 aromatic heterocycles. The molecule has 2 aromatic carbocycles. The molecular weight excluding hydrogens is 348 g/mol. The Bertz CT molecular complexity index is 882. The van der Waals surface area contributed by atoms with Crippen molar-refractivity contribution in [2.24, 2.45) is 0 Å². The fourth-order valence-corrected chi connectivity index (χ4v) is 3.87. The average Bonchev–Trinajstić information content (AvgIpc) is 2.62. The summed E-state index contributed by atoms with van der Waals surface area (Å²) in [4.78, 5) is 10.1. The molecule has 0 aliphatic heterocycles. The number of sulfonamides is 1. The third-order valence-electron chi connectivity index (χ3n) is 3.56. The first kappa shape index (κ1) is 18.5. The van der Waals surface area contributed by atoms with E-state index in [0.29, 0.717) is 17.2 Å². The zero-order chi connectivity index (χ0) is 18.6. The van der Waals surface area contributed by atoms with E-state index in [0.717, 1.165) is 10.4 Å². The molecule has 0 aliphatic rings. The van der Waals surface area contributed by atoms with Crippen LogP contribution in [0, 0.1) is 10.1 Å². The highest BCUT2D eigenvalue weighted by atomic mass is 32.2. The Hall–Kier alpha value is -2.81. The van der Waals surface area contributed by atoms with Crippen molar-refractivity contribution in [1.29, 1.82) is 0 Å². The topological polar surface area (TPSA) is 99.0 Å². The monoisotopic (exact) mass is 366 g/mol. The molecule has 2 aromatic rings. The predicted molar refractivity (Wildman–Crippen MR) is 92.8 cm³/mol. The number of nitro benzene ring substituents is 1. The van der Waals surface area contributed by atoms with E-state index < -0.39 is 14.9 Å². The lowest BCUT2D eigenvalue weighted by Crippen LogP contribution is -2.31. The zero-order valence-electron chi connectivity index (χ0n) is 14.0. The molecule has 0 heterocycles. The Kier molecular flexibility index (Phi) is 5.48. The average molecular weight is 366 g/mol. The number of anilines is 1. The van der Waals surface area contributed by atoms with Crippen LogP contribution >= 0.6 is 0 Å². The van der Waals surface area contributed by atoms with Crippen LogP contribution in [0.4, 0.5) is 11.4 Å². The lowest BCUT2D eigenvalue weighted by atomic mass is 10.2. The molecule has 2 rings (SSSR count). The van der Waals surface area contributed by atoms with Crippen LogP contribution in [0.5, 0.6) is 11.5 Å². The van der Waals surface area contributed by atoms with Crippen LogP contribution in [-0.4, -0.2) is 34.1 Å². The van der Waals surface area contributed by atoms with E-state index in [1.807, 2.05) is 0 Å². The first-order chi connectivity index (χ1) is 11.8. The van der Waals surface area contributed by atoms with Gasteiger partial charge in [-0.05, 0) is 25.1 Å². The second-order valence-corrected chi connectivity index (χ2v) is 6.82. The van der Waals surface area contributed by atoms with Gasteiger partial charge in [0.2, 0.25) is 0 Å². The molecule has 25 heavy (non-hydrogen) atoms. The summed E-state index contributed by atoms with van der Waals surface area (Å²) in [6, 6.07) is 9.68. The summed E-state index contributed by atoms with van der Waals surface area (Å²) in [6.07, 6.45) is 0. The Morgan fingerprint density at radius 3 is 2.40 bits per heavy atom. The maximum absolute atomic E-state index is 13.0. The van der Waals surface area contributed by atoms with Crippen molar-refractivity contribution in [1.82, 2.24) is 0 Å². The van der Waals surface area contributed by atoms with E-state index in [9.17, 15) is 18.5 Å². The minimum absolute atomic E-state index is 0.119. The van der Waals surface area contributed by atoms with Crippen LogP contribution in [0.25, 0.3) is 0 Å². The molecule has 0 radical (unpaired) electrons. The normalized spacial score (nSPS) is 11.0. The quantitative estimate of drug-likeness (QED) is 0.552. The van der Waals surface area contributed by atoms with Crippen LogP contribution in [-0.2, 0) is 10.0 Å². The van der Waals surface area contributed by atoms with Crippen molar-refractivity contribution in [3.05, 3.63) is 52.6 Å². The zero-order valence-corrected chi connectivity index (χ0v) is 14.8. The van der Waals surface area contributed by atoms with E-state index >= 15 is 0 Å². The van der Waals surface area contributed by atoms with Crippen molar-refractivity contribution in [2.45, 2.75) is 11.8 Å². The van der Waals surface area contributed by atoms with Gasteiger partial charge in [0.05, 0.1) is 29.7 Å². The third-order valence-corrected chi connectivity index (χ3v) is 5.44. The number of methoxy groups -OCH3 is 2. The van der Waals surface area contributed by atoms with Gasteiger partial charge < -0.3 is 9.47 Å². The molecule has 0 saturated heterocycles. The third kappa shape index (κ3) is 3.66. The molecule has 0 saturated carbocycles. The van der Waals surface area contributed by atoms with E-state index in [4.69, 9.17) is 9.47 Å². The number of benzene rings is 2. The van der Waals surface area contributed by atoms with Crippen molar-refractivity contribution in [3.63, 3.8) is 0 Å². The van der Waals surface area contributed by atoms with Crippen molar-refractivity contribution >= 4 is 21.4 Å². The summed E-state index contributed by atoms with van der Waals surface area (Å²) in [5.41, 5.74) is 0.0242. The number of hydrogen-bond acceptors (Lipinski definition) is 6. The molecule has 134 valence electrons. The highest BCUT2D eigenvalue weighted by molar-refractivity contribution is 7.92. The van der Waals surface area contributed by atoms with Crippen LogP contribution in [0.1, 0.15) is 6.92 Å². The SMILES string of the molecule is CCN(c1ccc(OC)cc1OC)S(=O)(=O)c1cccc([N+](=O)[O-])c1.